The smallest absolute Gasteiger partial charge is 0.119 e. The summed E-state index contributed by atoms with van der Waals surface area (Å²) < 4.78 is 16.1. The van der Waals surface area contributed by atoms with Crippen molar-refractivity contribution in [3.63, 3.8) is 0 Å². The fourth-order valence-electron chi connectivity index (χ4n) is 1.88. The molecular weight excluding hydrogens is 266 g/mol. The second-order valence-electron chi connectivity index (χ2n) is 5.48. The first-order valence-electron chi connectivity index (χ1n) is 7.71. The highest BCUT2D eigenvalue weighted by Gasteiger charge is 1.99. The van der Waals surface area contributed by atoms with Crippen molar-refractivity contribution in [1.29, 1.82) is 0 Å². The number of nitrogens with one attached hydrogen (secondary N) is 1. The van der Waals surface area contributed by atoms with E-state index in [9.17, 15) is 0 Å². The van der Waals surface area contributed by atoms with Crippen molar-refractivity contribution in [1.82, 2.24) is 5.32 Å². The average Bonchev–Trinajstić information content (AvgIpc) is 2.46. The topological polar surface area (TPSA) is 39.7 Å². The molecule has 0 bridgehead atoms. The molecule has 1 N–H and O–H groups in total. The van der Waals surface area contributed by atoms with Crippen molar-refractivity contribution in [3.8, 4) is 5.75 Å². The Morgan fingerprint density at radius 1 is 1.10 bits per heavy atom. The van der Waals surface area contributed by atoms with Crippen molar-refractivity contribution in [2.75, 3.05) is 40.1 Å². The second-order valence-corrected chi connectivity index (χ2v) is 5.48. The summed E-state index contributed by atoms with van der Waals surface area (Å²) in [5.41, 5.74) is 1.24. The molecule has 0 amide bonds. The van der Waals surface area contributed by atoms with E-state index in [-0.39, 0.29) is 0 Å². The molecule has 4 nitrogen and oxygen atoms in total. The predicted octanol–water partition coefficient (Wildman–Crippen LogP) is 2.86. The lowest BCUT2D eigenvalue weighted by Crippen LogP contribution is -2.18. The zero-order valence-electron chi connectivity index (χ0n) is 13.6. The summed E-state index contributed by atoms with van der Waals surface area (Å²) in [6.07, 6.45) is 0.924. The SMILES string of the molecule is COCCCOCCOc1cccc(CNCC(C)C)c1. The molecule has 0 saturated carbocycles. The number of hydrogen-bond acceptors (Lipinski definition) is 4. The molecule has 1 rings (SSSR count). The first-order valence-corrected chi connectivity index (χ1v) is 7.71. The van der Waals surface area contributed by atoms with Gasteiger partial charge >= 0.3 is 0 Å². The van der Waals surface area contributed by atoms with Crippen LogP contribution in [0.5, 0.6) is 5.75 Å². The van der Waals surface area contributed by atoms with Crippen LogP contribution in [0.25, 0.3) is 0 Å². The number of benzene rings is 1. The Labute approximate surface area is 128 Å². The lowest BCUT2D eigenvalue weighted by molar-refractivity contribution is 0.0806. The number of methoxy groups -OCH3 is 1. The molecule has 0 aliphatic heterocycles. The molecule has 0 spiro atoms. The average molecular weight is 295 g/mol. The molecule has 21 heavy (non-hydrogen) atoms. The highest BCUT2D eigenvalue weighted by molar-refractivity contribution is 5.28. The molecule has 120 valence electrons. The Morgan fingerprint density at radius 3 is 2.71 bits per heavy atom. The molecule has 0 saturated heterocycles. The van der Waals surface area contributed by atoms with E-state index in [0.717, 1.165) is 38.5 Å². The lowest BCUT2D eigenvalue weighted by Gasteiger charge is -2.10. The summed E-state index contributed by atoms with van der Waals surface area (Å²) in [5, 5.41) is 3.43. The first kappa shape index (κ1) is 18.0. The summed E-state index contributed by atoms with van der Waals surface area (Å²) in [6.45, 7) is 8.97. The van der Waals surface area contributed by atoms with Crippen molar-refractivity contribution >= 4 is 0 Å². The minimum absolute atomic E-state index is 0.579. The van der Waals surface area contributed by atoms with E-state index in [0.29, 0.717) is 19.1 Å². The zero-order chi connectivity index (χ0) is 15.3. The number of ether oxygens (including phenoxy) is 3. The maximum Gasteiger partial charge on any atom is 0.119 e. The molecule has 1 aromatic rings. The van der Waals surface area contributed by atoms with E-state index in [1.807, 2.05) is 12.1 Å². The van der Waals surface area contributed by atoms with E-state index in [4.69, 9.17) is 14.2 Å². The molecule has 0 aromatic heterocycles. The van der Waals surface area contributed by atoms with Gasteiger partial charge in [0.1, 0.15) is 12.4 Å². The van der Waals surface area contributed by atoms with Gasteiger partial charge in [-0.3, -0.25) is 0 Å². The minimum Gasteiger partial charge on any atom is -0.491 e. The van der Waals surface area contributed by atoms with Crippen LogP contribution in [0.2, 0.25) is 0 Å². The Bertz CT molecular complexity index is 369. The molecule has 0 radical (unpaired) electrons. The molecule has 0 heterocycles. The molecular formula is C17H29NO3. The fraction of sp³-hybridized carbons (Fsp3) is 0.647. The van der Waals surface area contributed by atoms with Gasteiger partial charge in [-0.25, -0.2) is 0 Å². The van der Waals surface area contributed by atoms with E-state index in [1.165, 1.54) is 5.56 Å². The number of rotatable bonds is 12. The molecule has 0 unspecified atom stereocenters. The van der Waals surface area contributed by atoms with Gasteiger partial charge in [0.25, 0.3) is 0 Å². The van der Waals surface area contributed by atoms with Gasteiger partial charge in [0, 0.05) is 26.9 Å². The highest BCUT2D eigenvalue weighted by atomic mass is 16.5. The van der Waals surface area contributed by atoms with Crippen LogP contribution in [0.15, 0.2) is 24.3 Å². The van der Waals surface area contributed by atoms with E-state index in [1.54, 1.807) is 7.11 Å². The highest BCUT2D eigenvalue weighted by Crippen LogP contribution is 2.13. The maximum absolute atomic E-state index is 5.70. The van der Waals surface area contributed by atoms with E-state index >= 15 is 0 Å². The zero-order valence-corrected chi connectivity index (χ0v) is 13.6. The Kier molecular flexibility index (Phi) is 9.87. The van der Waals surface area contributed by atoms with Gasteiger partial charge in [-0.1, -0.05) is 26.0 Å². The van der Waals surface area contributed by atoms with Crippen LogP contribution in [-0.2, 0) is 16.0 Å². The second kappa shape index (κ2) is 11.5. The van der Waals surface area contributed by atoms with Crippen molar-refractivity contribution in [2.45, 2.75) is 26.8 Å². The largest absolute Gasteiger partial charge is 0.491 e. The van der Waals surface area contributed by atoms with Crippen molar-refractivity contribution in [3.05, 3.63) is 29.8 Å². The predicted molar refractivity (Wildman–Crippen MR) is 85.8 cm³/mol. The Morgan fingerprint density at radius 2 is 1.95 bits per heavy atom. The van der Waals surface area contributed by atoms with Crippen LogP contribution < -0.4 is 10.1 Å². The van der Waals surface area contributed by atoms with Crippen LogP contribution in [0.3, 0.4) is 0 Å². The monoisotopic (exact) mass is 295 g/mol. The number of hydrogen-bond donors (Lipinski definition) is 1. The van der Waals surface area contributed by atoms with E-state index < -0.39 is 0 Å². The Hall–Kier alpha value is -1.10. The van der Waals surface area contributed by atoms with Gasteiger partial charge in [0.2, 0.25) is 0 Å². The van der Waals surface area contributed by atoms with Gasteiger partial charge in [0.15, 0.2) is 0 Å². The van der Waals surface area contributed by atoms with Gasteiger partial charge in [0.05, 0.1) is 6.61 Å². The molecule has 0 atom stereocenters. The van der Waals surface area contributed by atoms with Gasteiger partial charge in [-0.05, 0) is 36.6 Å². The van der Waals surface area contributed by atoms with Gasteiger partial charge < -0.3 is 19.5 Å². The van der Waals surface area contributed by atoms with Crippen LogP contribution in [0.1, 0.15) is 25.8 Å². The van der Waals surface area contributed by atoms with Gasteiger partial charge in [-0.2, -0.15) is 0 Å². The third-order valence-electron chi connectivity index (χ3n) is 2.91. The molecule has 1 aromatic carbocycles. The molecule has 0 fully saturated rings. The third kappa shape index (κ3) is 9.45. The van der Waals surface area contributed by atoms with Crippen molar-refractivity contribution in [2.24, 2.45) is 5.92 Å². The van der Waals surface area contributed by atoms with Crippen LogP contribution in [0, 0.1) is 5.92 Å². The van der Waals surface area contributed by atoms with Crippen LogP contribution in [0.4, 0.5) is 0 Å². The fourth-order valence-corrected chi connectivity index (χ4v) is 1.88. The summed E-state index contributed by atoms with van der Waals surface area (Å²) in [4.78, 5) is 0. The van der Waals surface area contributed by atoms with E-state index in [2.05, 4.69) is 31.3 Å². The third-order valence-corrected chi connectivity index (χ3v) is 2.91. The van der Waals surface area contributed by atoms with Crippen LogP contribution in [-0.4, -0.2) is 40.1 Å². The Balaban J connectivity index is 2.17. The van der Waals surface area contributed by atoms with Crippen LogP contribution >= 0.6 is 0 Å². The molecule has 0 aliphatic rings. The summed E-state index contributed by atoms with van der Waals surface area (Å²) in [6, 6.07) is 8.21. The summed E-state index contributed by atoms with van der Waals surface area (Å²) in [7, 11) is 1.70. The molecule has 4 heteroatoms. The van der Waals surface area contributed by atoms with Gasteiger partial charge in [-0.15, -0.1) is 0 Å². The quantitative estimate of drug-likeness (QED) is 0.602. The summed E-state index contributed by atoms with van der Waals surface area (Å²) >= 11 is 0. The van der Waals surface area contributed by atoms with Crippen molar-refractivity contribution < 1.29 is 14.2 Å². The maximum atomic E-state index is 5.70. The normalized spacial score (nSPS) is 11.0. The standard InChI is InChI=1S/C17H29NO3/c1-15(2)13-18-14-16-6-4-7-17(12-16)21-11-10-20-9-5-8-19-3/h4,6-7,12,15,18H,5,8-11,13-14H2,1-3H3. The first-order chi connectivity index (χ1) is 10.2. The molecule has 0 aliphatic carbocycles. The lowest BCUT2D eigenvalue weighted by atomic mass is 10.2. The minimum atomic E-state index is 0.579. The summed E-state index contributed by atoms with van der Waals surface area (Å²) in [5.74, 6) is 1.57.